The van der Waals surface area contributed by atoms with Crippen molar-refractivity contribution in [3.8, 4) is 5.75 Å². The fourth-order valence-corrected chi connectivity index (χ4v) is 5.35. The number of thiazole rings is 1. The summed E-state index contributed by atoms with van der Waals surface area (Å²) in [5.74, 6) is 0.764. The number of methoxy groups -OCH3 is 1. The van der Waals surface area contributed by atoms with Gasteiger partial charge in [-0.2, -0.15) is 0 Å². The number of ether oxygens (including phenoxy) is 1. The molecule has 156 valence electrons. The lowest BCUT2D eigenvalue weighted by Gasteiger charge is -2.24. The van der Waals surface area contributed by atoms with Crippen LogP contribution in [0.5, 0.6) is 5.75 Å². The molecule has 0 N–H and O–H groups in total. The van der Waals surface area contributed by atoms with E-state index in [2.05, 4.69) is 25.7 Å². The van der Waals surface area contributed by atoms with Crippen molar-refractivity contribution in [2.24, 2.45) is 0 Å². The number of aromatic nitrogens is 1. The lowest BCUT2D eigenvalue weighted by atomic mass is 10.2. The molecule has 0 saturated carbocycles. The van der Waals surface area contributed by atoms with Crippen molar-refractivity contribution in [1.82, 2.24) is 9.88 Å². The zero-order valence-electron chi connectivity index (χ0n) is 17.2. The van der Waals surface area contributed by atoms with Gasteiger partial charge < -0.3 is 9.64 Å². The number of carbonyl (C=O) groups excluding carboxylic acids is 1. The Kier molecular flexibility index (Phi) is 7.51. The third-order valence-corrected chi connectivity index (χ3v) is 7.38. The quantitative estimate of drug-likeness (QED) is 0.446. The Morgan fingerprint density at radius 1 is 1.14 bits per heavy atom. The standard InChI is InChI=1S/C21H26ClN3O2S2/c1-5-24(6-2)11-12-25(18(26)13-15-8-10-17(22)28-15)21-23-19-16(27-4)9-7-14(3)20(19)29-21/h7-10H,5-6,11-13H2,1-4H3. The van der Waals surface area contributed by atoms with Gasteiger partial charge in [0, 0.05) is 18.0 Å². The highest BCUT2D eigenvalue weighted by Crippen LogP contribution is 2.36. The van der Waals surface area contributed by atoms with Crippen molar-refractivity contribution >= 4 is 55.5 Å². The molecule has 1 aromatic carbocycles. The molecule has 0 bridgehead atoms. The van der Waals surface area contributed by atoms with E-state index in [4.69, 9.17) is 21.3 Å². The minimum absolute atomic E-state index is 0.0337. The van der Waals surface area contributed by atoms with E-state index in [1.807, 2.05) is 29.2 Å². The van der Waals surface area contributed by atoms with Crippen molar-refractivity contribution in [2.75, 3.05) is 38.2 Å². The summed E-state index contributed by atoms with van der Waals surface area (Å²) in [4.78, 5) is 23.1. The highest BCUT2D eigenvalue weighted by Gasteiger charge is 2.23. The number of rotatable bonds is 9. The summed E-state index contributed by atoms with van der Waals surface area (Å²) in [5.41, 5.74) is 1.94. The average molecular weight is 452 g/mol. The summed E-state index contributed by atoms with van der Waals surface area (Å²) >= 11 is 9.04. The summed E-state index contributed by atoms with van der Waals surface area (Å²) in [6.07, 6.45) is 0.321. The Labute approximate surface area is 184 Å². The Hall–Kier alpha value is -1.67. The van der Waals surface area contributed by atoms with Crippen molar-refractivity contribution < 1.29 is 9.53 Å². The first-order valence-electron chi connectivity index (χ1n) is 9.67. The van der Waals surface area contributed by atoms with Gasteiger partial charge in [0.05, 0.1) is 22.6 Å². The zero-order chi connectivity index (χ0) is 21.0. The van der Waals surface area contributed by atoms with Gasteiger partial charge in [-0.05, 0) is 43.8 Å². The van der Waals surface area contributed by atoms with Gasteiger partial charge in [0.2, 0.25) is 5.91 Å². The van der Waals surface area contributed by atoms with E-state index in [0.29, 0.717) is 22.4 Å². The molecule has 3 rings (SSSR count). The number of thiophene rings is 1. The predicted molar refractivity (Wildman–Crippen MR) is 124 cm³/mol. The number of aryl methyl sites for hydroxylation is 1. The molecular weight excluding hydrogens is 426 g/mol. The smallest absolute Gasteiger partial charge is 0.234 e. The van der Waals surface area contributed by atoms with Crippen LogP contribution in [0.4, 0.5) is 5.13 Å². The van der Waals surface area contributed by atoms with E-state index in [0.717, 1.165) is 46.0 Å². The van der Waals surface area contributed by atoms with Crippen LogP contribution < -0.4 is 9.64 Å². The summed E-state index contributed by atoms with van der Waals surface area (Å²) in [6.45, 7) is 9.62. The van der Waals surface area contributed by atoms with Gasteiger partial charge in [-0.15, -0.1) is 11.3 Å². The maximum atomic E-state index is 13.2. The first-order valence-corrected chi connectivity index (χ1v) is 11.7. The molecule has 0 aliphatic carbocycles. The second kappa shape index (κ2) is 9.89. The van der Waals surface area contributed by atoms with Crippen LogP contribution in [0.3, 0.4) is 0 Å². The van der Waals surface area contributed by atoms with Gasteiger partial charge in [-0.3, -0.25) is 9.69 Å². The second-order valence-corrected chi connectivity index (χ2v) is 9.49. The van der Waals surface area contributed by atoms with E-state index >= 15 is 0 Å². The lowest BCUT2D eigenvalue weighted by molar-refractivity contribution is -0.118. The van der Waals surface area contributed by atoms with E-state index in [1.165, 1.54) is 11.3 Å². The van der Waals surface area contributed by atoms with Crippen LogP contribution in [0.1, 0.15) is 24.3 Å². The van der Waals surface area contributed by atoms with Crippen molar-refractivity contribution in [2.45, 2.75) is 27.2 Å². The van der Waals surface area contributed by atoms with Crippen LogP contribution in [0.15, 0.2) is 24.3 Å². The van der Waals surface area contributed by atoms with Crippen molar-refractivity contribution in [3.05, 3.63) is 39.0 Å². The Morgan fingerprint density at radius 3 is 2.52 bits per heavy atom. The van der Waals surface area contributed by atoms with Crippen LogP contribution in [-0.2, 0) is 11.2 Å². The monoisotopic (exact) mass is 451 g/mol. The van der Waals surface area contributed by atoms with E-state index in [9.17, 15) is 4.79 Å². The van der Waals surface area contributed by atoms with Gasteiger partial charge in [-0.25, -0.2) is 4.98 Å². The maximum Gasteiger partial charge on any atom is 0.234 e. The predicted octanol–water partition coefficient (Wildman–Crippen LogP) is 5.25. The van der Waals surface area contributed by atoms with Crippen LogP contribution in [0.2, 0.25) is 4.34 Å². The SMILES string of the molecule is CCN(CC)CCN(C(=O)Cc1ccc(Cl)s1)c1nc2c(OC)ccc(C)c2s1. The Morgan fingerprint density at radius 2 is 1.90 bits per heavy atom. The van der Waals surface area contributed by atoms with E-state index < -0.39 is 0 Å². The normalized spacial score (nSPS) is 11.4. The van der Waals surface area contributed by atoms with E-state index in [-0.39, 0.29) is 5.91 Å². The first-order chi connectivity index (χ1) is 14.0. The molecule has 5 nitrogen and oxygen atoms in total. The number of hydrogen-bond donors (Lipinski definition) is 0. The molecule has 0 fully saturated rings. The molecule has 2 aromatic heterocycles. The topological polar surface area (TPSA) is 45.7 Å². The number of nitrogens with zero attached hydrogens (tertiary/aromatic N) is 3. The minimum Gasteiger partial charge on any atom is -0.494 e. The molecule has 0 saturated heterocycles. The van der Waals surface area contributed by atoms with Crippen LogP contribution >= 0.6 is 34.3 Å². The van der Waals surface area contributed by atoms with Gasteiger partial charge in [0.25, 0.3) is 0 Å². The van der Waals surface area contributed by atoms with Gasteiger partial charge in [0.1, 0.15) is 11.3 Å². The molecule has 0 aliphatic heterocycles. The third-order valence-electron chi connectivity index (χ3n) is 4.93. The number of amides is 1. The number of carbonyl (C=O) groups is 1. The van der Waals surface area contributed by atoms with Gasteiger partial charge >= 0.3 is 0 Å². The number of benzene rings is 1. The number of hydrogen-bond acceptors (Lipinski definition) is 6. The number of likely N-dealkylation sites (N-methyl/N-ethyl adjacent to an activating group) is 1. The molecule has 8 heteroatoms. The summed E-state index contributed by atoms with van der Waals surface area (Å²) in [7, 11) is 1.65. The highest BCUT2D eigenvalue weighted by molar-refractivity contribution is 7.22. The second-order valence-electron chi connectivity index (χ2n) is 6.71. The molecule has 0 aliphatic rings. The molecule has 0 radical (unpaired) electrons. The molecule has 29 heavy (non-hydrogen) atoms. The lowest BCUT2D eigenvalue weighted by Crippen LogP contribution is -2.39. The van der Waals surface area contributed by atoms with Gasteiger partial charge in [-0.1, -0.05) is 42.9 Å². The van der Waals surface area contributed by atoms with Crippen molar-refractivity contribution in [3.63, 3.8) is 0 Å². The van der Waals surface area contributed by atoms with E-state index in [1.54, 1.807) is 18.4 Å². The summed E-state index contributed by atoms with van der Waals surface area (Å²) < 4.78 is 7.24. The molecule has 1 amide bonds. The van der Waals surface area contributed by atoms with Crippen LogP contribution in [-0.4, -0.2) is 49.1 Å². The average Bonchev–Trinajstić information content (AvgIpc) is 3.32. The molecular formula is C21H26ClN3O2S2. The molecule has 0 unspecified atom stereocenters. The first kappa shape index (κ1) is 22.0. The maximum absolute atomic E-state index is 13.2. The van der Waals surface area contributed by atoms with Crippen molar-refractivity contribution in [1.29, 1.82) is 0 Å². The summed E-state index contributed by atoms with van der Waals surface area (Å²) in [5, 5.41) is 0.715. The zero-order valence-corrected chi connectivity index (χ0v) is 19.6. The van der Waals surface area contributed by atoms with Crippen LogP contribution in [0.25, 0.3) is 10.2 Å². The molecule has 0 atom stereocenters. The molecule has 0 spiro atoms. The molecule has 3 aromatic rings. The molecule has 2 heterocycles. The summed E-state index contributed by atoms with van der Waals surface area (Å²) in [6, 6.07) is 7.70. The van der Waals surface area contributed by atoms with Gasteiger partial charge in [0.15, 0.2) is 5.13 Å². The van der Waals surface area contributed by atoms with Crippen LogP contribution in [0, 0.1) is 6.92 Å². The number of halogens is 1. The number of anilines is 1. The Bertz CT molecular complexity index is 982. The fourth-order valence-electron chi connectivity index (χ4n) is 3.18. The largest absolute Gasteiger partial charge is 0.494 e. The third kappa shape index (κ3) is 5.09. The number of fused-ring (bicyclic) bond motifs is 1. The highest BCUT2D eigenvalue weighted by atomic mass is 35.5. The fraction of sp³-hybridized carbons (Fsp3) is 0.429. The minimum atomic E-state index is 0.0337. The Balaban J connectivity index is 1.94.